The number of rotatable bonds is 6. The van der Waals surface area contributed by atoms with Crippen molar-refractivity contribution in [2.24, 2.45) is 0 Å². The largest absolute Gasteiger partial charge is 0.452 e. The third kappa shape index (κ3) is 5.01. The van der Waals surface area contributed by atoms with Crippen LogP contribution in [-0.2, 0) is 9.53 Å². The molecule has 122 valence electrons. The van der Waals surface area contributed by atoms with E-state index in [-0.39, 0.29) is 12.1 Å². The molecule has 24 heavy (non-hydrogen) atoms. The average molecular weight is 361 g/mol. The van der Waals surface area contributed by atoms with E-state index in [9.17, 15) is 9.59 Å². The Balaban J connectivity index is 2.08. The minimum Gasteiger partial charge on any atom is -0.452 e. The van der Waals surface area contributed by atoms with Gasteiger partial charge >= 0.3 is 5.97 Å². The Labute approximate surface area is 148 Å². The van der Waals surface area contributed by atoms with Gasteiger partial charge in [0.15, 0.2) is 6.61 Å². The number of pyridine rings is 1. The highest BCUT2D eigenvalue weighted by Crippen LogP contribution is 2.33. The third-order valence-electron chi connectivity index (χ3n) is 2.76. The van der Waals surface area contributed by atoms with Gasteiger partial charge in [0.1, 0.15) is 5.03 Å². The van der Waals surface area contributed by atoms with Crippen LogP contribution < -0.4 is 5.32 Å². The van der Waals surface area contributed by atoms with Gasteiger partial charge in [-0.3, -0.25) is 4.79 Å². The zero-order valence-corrected chi connectivity index (χ0v) is 14.1. The third-order valence-corrected chi connectivity index (χ3v) is 4.29. The molecule has 2 aromatic rings. The first-order valence-corrected chi connectivity index (χ1v) is 8.06. The molecule has 0 spiro atoms. The molecule has 0 bridgehead atoms. The summed E-state index contributed by atoms with van der Waals surface area (Å²) in [5.41, 5.74) is 0.257. The van der Waals surface area contributed by atoms with Gasteiger partial charge in [0.2, 0.25) is 0 Å². The lowest BCUT2D eigenvalue weighted by Crippen LogP contribution is -2.29. The topological polar surface area (TPSA) is 68.3 Å². The number of hydrogen-bond acceptors (Lipinski definition) is 5. The van der Waals surface area contributed by atoms with Crippen molar-refractivity contribution in [2.75, 3.05) is 13.2 Å². The summed E-state index contributed by atoms with van der Waals surface area (Å²) >= 11 is 7.37. The molecule has 7 heteroatoms. The van der Waals surface area contributed by atoms with Crippen molar-refractivity contribution in [3.8, 4) is 12.3 Å². The second-order valence-corrected chi connectivity index (χ2v) is 5.88. The van der Waals surface area contributed by atoms with Crippen LogP contribution in [0.1, 0.15) is 10.4 Å². The van der Waals surface area contributed by atoms with Gasteiger partial charge in [-0.05, 0) is 24.3 Å². The van der Waals surface area contributed by atoms with Crippen LogP contribution in [0.15, 0.2) is 52.5 Å². The number of ether oxygens (including phenoxy) is 1. The van der Waals surface area contributed by atoms with Crippen molar-refractivity contribution in [2.45, 2.75) is 9.92 Å². The molecule has 0 unspecified atom stereocenters. The molecule has 1 aromatic carbocycles. The Morgan fingerprint density at radius 1 is 1.29 bits per heavy atom. The van der Waals surface area contributed by atoms with E-state index in [1.54, 1.807) is 24.4 Å². The van der Waals surface area contributed by atoms with Gasteiger partial charge in [-0.15, -0.1) is 6.42 Å². The molecule has 1 amide bonds. The smallest absolute Gasteiger partial charge is 0.341 e. The number of amides is 1. The van der Waals surface area contributed by atoms with Crippen LogP contribution in [0.2, 0.25) is 5.02 Å². The lowest BCUT2D eigenvalue weighted by molar-refractivity contribution is -0.123. The number of terminal acetylenes is 1. The molecule has 0 fully saturated rings. The van der Waals surface area contributed by atoms with E-state index in [0.29, 0.717) is 10.0 Å². The van der Waals surface area contributed by atoms with Crippen LogP contribution in [0, 0.1) is 12.3 Å². The van der Waals surface area contributed by atoms with Gasteiger partial charge in [-0.2, -0.15) is 0 Å². The molecule has 1 heterocycles. The first-order valence-electron chi connectivity index (χ1n) is 6.86. The number of aromatic nitrogens is 1. The van der Waals surface area contributed by atoms with Gasteiger partial charge in [-0.1, -0.05) is 41.4 Å². The van der Waals surface area contributed by atoms with Crippen LogP contribution in [0.25, 0.3) is 0 Å². The average Bonchev–Trinajstić information content (AvgIpc) is 2.60. The molecule has 0 saturated carbocycles. The van der Waals surface area contributed by atoms with E-state index < -0.39 is 18.5 Å². The fourth-order valence-corrected chi connectivity index (χ4v) is 2.82. The molecule has 0 aliphatic rings. The van der Waals surface area contributed by atoms with Gasteiger partial charge < -0.3 is 10.1 Å². The Morgan fingerprint density at radius 3 is 2.83 bits per heavy atom. The predicted octanol–water partition coefficient (Wildman–Crippen LogP) is 2.79. The summed E-state index contributed by atoms with van der Waals surface area (Å²) in [6.45, 7) is -0.331. The van der Waals surface area contributed by atoms with Gasteiger partial charge in [0.05, 0.1) is 17.1 Å². The zero-order valence-electron chi connectivity index (χ0n) is 12.5. The highest BCUT2D eigenvalue weighted by Gasteiger charge is 2.17. The van der Waals surface area contributed by atoms with Crippen molar-refractivity contribution in [3.63, 3.8) is 0 Å². The zero-order chi connectivity index (χ0) is 17.4. The minimum absolute atomic E-state index is 0.0802. The Morgan fingerprint density at radius 2 is 2.08 bits per heavy atom. The number of carbonyl (C=O) groups excluding carboxylic acids is 2. The highest BCUT2D eigenvalue weighted by atomic mass is 35.5. The number of esters is 1. The molecule has 1 aromatic heterocycles. The normalized spacial score (nSPS) is 9.83. The second kappa shape index (κ2) is 8.96. The van der Waals surface area contributed by atoms with Gasteiger partial charge in [0.25, 0.3) is 5.91 Å². The fraction of sp³-hybridized carbons (Fsp3) is 0.118. The van der Waals surface area contributed by atoms with Crippen molar-refractivity contribution in [3.05, 3.63) is 53.2 Å². The van der Waals surface area contributed by atoms with Crippen LogP contribution in [0.3, 0.4) is 0 Å². The summed E-state index contributed by atoms with van der Waals surface area (Å²) in [5.74, 6) is 1.15. The summed E-state index contributed by atoms with van der Waals surface area (Å²) < 4.78 is 4.99. The van der Waals surface area contributed by atoms with Gasteiger partial charge in [-0.25, -0.2) is 9.78 Å². The monoisotopic (exact) mass is 360 g/mol. The fourth-order valence-electron chi connectivity index (χ4n) is 1.67. The molecule has 2 rings (SSSR count). The quantitative estimate of drug-likeness (QED) is 0.633. The van der Waals surface area contributed by atoms with Crippen molar-refractivity contribution in [1.82, 2.24) is 10.3 Å². The maximum absolute atomic E-state index is 12.2. The van der Waals surface area contributed by atoms with Crippen LogP contribution in [-0.4, -0.2) is 30.0 Å². The number of nitrogens with zero attached hydrogens (tertiary/aromatic N) is 1. The van der Waals surface area contributed by atoms with E-state index >= 15 is 0 Å². The number of halogens is 1. The van der Waals surface area contributed by atoms with E-state index in [1.807, 2.05) is 18.2 Å². The van der Waals surface area contributed by atoms with Crippen LogP contribution in [0.5, 0.6) is 0 Å². The maximum atomic E-state index is 12.2. The summed E-state index contributed by atoms with van der Waals surface area (Å²) in [6.07, 6.45) is 6.60. The predicted molar refractivity (Wildman–Crippen MR) is 91.9 cm³/mol. The molecule has 0 atom stereocenters. The standard InChI is InChI=1S/C17H13ClN2O3S/c1-2-9-19-15(21)11-23-17(22)12-6-5-10-20-16(12)24-14-8-4-3-7-13(14)18/h1,3-8,10H,9,11H2,(H,19,21). The lowest BCUT2D eigenvalue weighted by atomic mass is 10.3. The van der Waals surface area contributed by atoms with E-state index in [1.165, 1.54) is 11.8 Å². The van der Waals surface area contributed by atoms with E-state index in [0.717, 1.165) is 4.90 Å². The summed E-state index contributed by atoms with van der Waals surface area (Å²) in [6, 6.07) is 10.4. The molecule has 0 aliphatic heterocycles. The molecule has 0 radical (unpaired) electrons. The first-order chi connectivity index (χ1) is 11.6. The minimum atomic E-state index is -0.645. The molecule has 0 aliphatic carbocycles. The molecule has 5 nitrogen and oxygen atoms in total. The highest BCUT2D eigenvalue weighted by molar-refractivity contribution is 7.99. The number of nitrogens with one attached hydrogen (secondary N) is 1. The Bertz CT molecular complexity index is 789. The Hall–Kier alpha value is -2.49. The van der Waals surface area contributed by atoms with Crippen LogP contribution in [0.4, 0.5) is 0 Å². The van der Waals surface area contributed by atoms with Crippen molar-refractivity contribution < 1.29 is 14.3 Å². The van der Waals surface area contributed by atoms with Crippen molar-refractivity contribution >= 4 is 35.2 Å². The molecular formula is C17H13ClN2O3S. The second-order valence-electron chi connectivity index (χ2n) is 4.45. The lowest BCUT2D eigenvalue weighted by Gasteiger charge is -2.09. The molecule has 1 N–H and O–H groups in total. The first kappa shape index (κ1) is 17.9. The van der Waals surface area contributed by atoms with Crippen molar-refractivity contribution in [1.29, 1.82) is 0 Å². The van der Waals surface area contributed by atoms with Gasteiger partial charge in [0, 0.05) is 11.1 Å². The van der Waals surface area contributed by atoms with Crippen LogP contribution >= 0.6 is 23.4 Å². The maximum Gasteiger partial charge on any atom is 0.341 e. The number of hydrogen-bond donors (Lipinski definition) is 1. The SMILES string of the molecule is C#CCNC(=O)COC(=O)c1cccnc1Sc1ccccc1Cl. The number of benzene rings is 1. The molecule has 0 saturated heterocycles. The summed E-state index contributed by atoms with van der Waals surface area (Å²) in [4.78, 5) is 28.6. The number of carbonyl (C=O) groups is 2. The van der Waals surface area contributed by atoms with E-state index in [2.05, 4.69) is 16.2 Å². The molecular weight excluding hydrogens is 348 g/mol. The summed E-state index contributed by atoms with van der Waals surface area (Å²) in [7, 11) is 0. The van der Waals surface area contributed by atoms with E-state index in [4.69, 9.17) is 22.8 Å². The summed E-state index contributed by atoms with van der Waals surface area (Å²) in [5, 5.41) is 3.41. The Kier molecular flexibility index (Phi) is 6.67.